The summed E-state index contributed by atoms with van der Waals surface area (Å²) in [5, 5.41) is 3.25. The summed E-state index contributed by atoms with van der Waals surface area (Å²) in [7, 11) is 0. The van der Waals surface area contributed by atoms with Crippen LogP contribution < -0.4 is 11.1 Å². The number of hydrogen-bond acceptors (Lipinski definition) is 3. The minimum absolute atomic E-state index is 0.174. The predicted octanol–water partition coefficient (Wildman–Crippen LogP) is 0.763. The van der Waals surface area contributed by atoms with Crippen LogP contribution in [0.3, 0.4) is 0 Å². The lowest BCUT2D eigenvalue weighted by molar-refractivity contribution is -0.125. The molecule has 1 atom stereocenters. The zero-order chi connectivity index (χ0) is 12.9. The van der Waals surface area contributed by atoms with Gasteiger partial charge in [-0.15, -0.1) is 0 Å². The molecule has 5 nitrogen and oxygen atoms in total. The zero-order valence-corrected chi connectivity index (χ0v) is 10.8. The highest BCUT2D eigenvalue weighted by molar-refractivity contribution is 5.84. The van der Waals surface area contributed by atoms with Crippen molar-refractivity contribution in [1.29, 1.82) is 0 Å². The quantitative estimate of drug-likeness (QED) is 0.689. The largest absolute Gasteiger partial charge is 0.368 e. The lowest BCUT2D eigenvalue weighted by Gasteiger charge is -2.31. The van der Waals surface area contributed by atoms with Crippen molar-refractivity contribution in [3.8, 4) is 0 Å². The first-order valence-electron chi connectivity index (χ1n) is 5.97. The minimum atomic E-state index is -0.630. The molecule has 1 aromatic heterocycles. The summed E-state index contributed by atoms with van der Waals surface area (Å²) in [4.78, 5) is 15.4. The van der Waals surface area contributed by atoms with Crippen LogP contribution >= 0.6 is 0 Å². The van der Waals surface area contributed by atoms with E-state index < -0.39 is 5.54 Å². The Morgan fingerprint density at radius 3 is 2.76 bits per heavy atom. The lowest BCUT2D eigenvalue weighted by Crippen LogP contribution is -2.57. The van der Waals surface area contributed by atoms with Crippen LogP contribution in [0, 0.1) is 5.92 Å². The highest BCUT2D eigenvalue weighted by Gasteiger charge is 2.33. The molecule has 1 amide bonds. The van der Waals surface area contributed by atoms with Crippen LogP contribution in [-0.4, -0.2) is 27.5 Å². The second-order valence-corrected chi connectivity index (χ2v) is 4.80. The Bertz CT molecular complexity index is 347. The van der Waals surface area contributed by atoms with Crippen LogP contribution in [0.1, 0.15) is 27.2 Å². The Balaban J connectivity index is 2.36. The maximum Gasteiger partial charge on any atom is 0.237 e. The number of carbonyl (C=O) groups excluding carboxylic acids is 1. The molecule has 1 rings (SSSR count). The average Bonchev–Trinajstić information content (AvgIpc) is 2.76. The Morgan fingerprint density at radius 1 is 1.59 bits per heavy atom. The summed E-state index contributed by atoms with van der Waals surface area (Å²) in [6, 6.07) is 0. The highest BCUT2D eigenvalue weighted by Crippen LogP contribution is 2.15. The van der Waals surface area contributed by atoms with E-state index in [9.17, 15) is 4.79 Å². The lowest BCUT2D eigenvalue weighted by atomic mass is 9.87. The summed E-state index contributed by atoms with van der Waals surface area (Å²) < 4.78 is 2.01. The number of nitrogens with one attached hydrogen (secondary N) is 1. The molecule has 0 aliphatic rings. The molecule has 0 bridgehead atoms. The molecule has 17 heavy (non-hydrogen) atoms. The zero-order valence-electron chi connectivity index (χ0n) is 10.8. The molecule has 0 saturated carbocycles. The van der Waals surface area contributed by atoms with Crippen molar-refractivity contribution in [1.82, 2.24) is 14.9 Å². The van der Waals surface area contributed by atoms with E-state index >= 15 is 0 Å². The number of aryl methyl sites for hydroxylation is 1. The fourth-order valence-electron chi connectivity index (χ4n) is 1.60. The summed E-state index contributed by atoms with van der Waals surface area (Å²) in [6.07, 6.45) is 6.41. The van der Waals surface area contributed by atoms with E-state index in [-0.39, 0.29) is 11.8 Å². The van der Waals surface area contributed by atoms with Crippen LogP contribution in [0.25, 0.3) is 0 Å². The van der Waals surface area contributed by atoms with Gasteiger partial charge in [-0.05, 0) is 25.8 Å². The number of nitrogens with two attached hydrogens (primary N) is 1. The summed E-state index contributed by atoms with van der Waals surface area (Å²) in [5.74, 6) is -0.122. The van der Waals surface area contributed by atoms with Gasteiger partial charge in [0.25, 0.3) is 0 Å². The Hall–Kier alpha value is -1.36. The van der Waals surface area contributed by atoms with Crippen LogP contribution in [0.2, 0.25) is 0 Å². The van der Waals surface area contributed by atoms with Crippen molar-refractivity contribution in [2.45, 2.75) is 39.3 Å². The fraction of sp³-hybridized carbons (Fsp3) is 0.667. The van der Waals surface area contributed by atoms with Crippen LogP contribution in [0.5, 0.6) is 0 Å². The molecule has 3 N–H and O–H groups in total. The van der Waals surface area contributed by atoms with Gasteiger partial charge < -0.3 is 15.6 Å². The number of primary amides is 1. The number of amides is 1. The number of rotatable bonds is 7. The molecular formula is C12H22N4O. The van der Waals surface area contributed by atoms with Gasteiger partial charge in [-0.1, -0.05) is 13.8 Å². The molecule has 1 unspecified atom stereocenters. The number of aromatic nitrogens is 2. The molecule has 0 aromatic carbocycles. The first-order chi connectivity index (χ1) is 7.97. The van der Waals surface area contributed by atoms with Gasteiger partial charge in [-0.2, -0.15) is 0 Å². The molecule has 96 valence electrons. The number of imidazole rings is 1. The SMILES string of the molecule is CC(C)C(C)(NCCCn1ccnc1)C(N)=O. The maximum absolute atomic E-state index is 11.4. The van der Waals surface area contributed by atoms with Gasteiger partial charge in [0.05, 0.1) is 11.9 Å². The normalized spacial score (nSPS) is 14.8. The highest BCUT2D eigenvalue weighted by atomic mass is 16.1. The van der Waals surface area contributed by atoms with E-state index in [4.69, 9.17) is 5.73 Å². The third kappa shape index (κ3) is 3.56. The van der Waals surface area contributed by atoms with Crippen molar-refractivity contribution in [2.24, 2.45) is 11.7 Å². The van der Waals surface area contributed by atoms with Gasteiger partial charge in [-0.3, -0.25) is 4.79 Å². The molecular weight excluding hydrogens is 216 g/mol. The monoisotopic (exact) mass is 238 g/mol. The van der Waals surface area contributed by atoms with Gasteiger partial charge in [0.1, 0.15) is 0 Å². The van der Waals surface area contributed by atoms with Crippen molar-refractivity contribution >= 4 is 5.91 Å². The van der Waals surface area contributed by atoms with E-state index in [0.29, 0.717) is 0 Å². The number of carbonyl (C=O) groups is 1. The van der Waals surface area contributed by atoms with Crippen molar-refractivity contribution < 1.29 is 4.79 Å². The third-order valence-corrected chi connectivity index (χ3v) is 3.31. The van der Waals surface area contributed by atoms with Gasteiger partial charge in [0, 0.05) is 18.9 Å². The third-order valence-electron chi connectivity index (χ3n) is 3.31. The van der Waals surface area contributed by atoms with Crippen LogP contribution in [0.4, 0.5) is 0 Å². The van der Waals surface area contributed by atoms with Crippen molar-refractivity contribution in [3.05, 3.63) is 18.7 Å². The molecule has 0 aliphatic carbocycles. The topological polar surface area (TPSA) is 72.9 Å². The van der Waals surface area contributed by atoms with Gasteiger partial charge >= 0.3 is 0 Å². The van der Waals surface area contributed by atoms with Crippen LogP contribution in [0.15, 0.2) is 18.7 Å². The number of hydrogen-bond donors (Lipinski definition) is 2. The van der Waals surface area contributed by atoms with E-state index in [1.54, 1.807) is 12.5 Å². The Labute approximate surface area is 102 Å². The predicted molar refractivity (Wildman–Crippen MR) is 67.3 cm³/mol. The molecule has 1 heterocycles. The molecule has 0 aliphatic heterocycles. The smallest absolute Gasteiger partial charge is 0.237 e. The molecule has 5 heteroatoms. The summed E-state index contributed by atoms with van der Waals surface area (Å²) >= 11 is 0. The second kappa shape index (κ2) is 5.82. The Morgan fingerprint density at radius 2 is 2.29 bits per heavy atom. The Kier molecular flexibility index (Phi) is 4.69. The van der Waals surface area contributed by atoms with Crippen LogP contribution in [-0.2, 0) is 11.3 Å². The molecule has 0 fully saturated rings. The maximum atomic E-state index is 11.4. The van der Waals surface area contributed by atoms with E-state index in [1.165, 1.54) is 0 Å². The van der Waals surface area contributed by atoms with E-state index in [2.05, 4.69) is 10.3 Å². The fourth-order valence-corrected chi connectivity index (χ4v) is 1.60. The summed E-state index contributed by atoms with van der Waals surface area (Å²) in [5.41, 5.74) is 4.80. The van der Waals surface area contributed by atoms with Crippen molar-refractivity contribution in [3.63, 3.8) is 0 Å². The second-order valence-electron chi connectivity index (χ2n) is 4.80. The standard InChI is InChI=1S/C12H22N4O/c1-10(2)12(3,11(13)17)15-5-4-7-16-8-6-14-9-16/h6,8-10,15H,4-5,7H2,1-3H3,(H2,13,17). The minimum Gasteiger partial charge on any atom is -0.368 e. The first kappa shape index (κ1) is 13.7. The molecule has 1 aromatic rings. The number of nitrogens with zero attached hydrogens (tertiary/aromatic N) is 2. The first-order valence-corrected chi connectivity index (χ1v) is 5.97. The van der Waals surface area contributed by atoms with E-state index in [1.807, 2.05) is 31.5 Å². The summed E-state index contributed by atoms with van der Waals surface area (Å²) in [6.45, 7) is 7.49. The van der Waals surface area contributed by atoms with Gasteiger partial charge in [0.2, 0.25) is 5.91 Å². The average molecular weight is 238 g/mol. The molecule has 0 saturated heterocycles. The van der Waals surface area contributed by atoms with E-state index in [0.717, 1.165) is 19.5 Å². The van der Waals surface area contributed by atoms with Gasteiger partial charge in [-0.25, -0.2) is 4.98 Å². The van der Waals surface area contributed by atoms with Crippen molar-refractivity contribution in [2.75, 3.05) is 6.54 Å². The van der Waals surface area contributed by atoms with Gasteiger partial charge in [0.15, 0.2) is 0 Å². The molecule has 0 radical (unpaired) electrons. The molecule has 0 spiro atoms.